The van der Waals surface area contributed by atoms with Gasteiger partial charge in [0.25, 0.3) is 0 Å². The summed E-state index contributed by atoms with van der Waals surface area (Å²) in [6, 6.07) is -0.543. The molecule has 0 saturated heterocycles. The van der Waals surface area contributed by atoms with Gasteiger partial charge in [-0.1, -0.05) is 334 Å². The minimum atomic E-state index is -0.666. The number of allylic oxidation sites excluding steroid dienone is 2. The van der Waals surface area contributed by atoms with E-state index in [9.17, 15) is 19.8 Å². The van der Waals surface area contributed by atoms with E-state index in [0.29, 0.717) is 25.9 Å². The number of aliphatic hydroxyl groups excluding tert-OH is 2. The van der Waals surface area contributed by atoms with Crippen LogP contribution in [-0.4, -0.2) is 47.4 Å². The smallest absolute Gasteiger partial charge is 0.305 e. The summed E-state index contributed by atoms with van der Waals surface area (Å²) >= 11 is 0. The molecule has 2 atom stereocenters. The molecule has 0 aliphatic rings. The predicted octanol–water partition coefficient (Wildman–Crippen LogP) is 21.6. The van der Waals surface area contributed by atoms with E-state index in [1.165, 1.54) is 308 Å². The molecule has 2 unspecified atom stereocenters. The van der Waals surface area contributed by atoms with E-state index in [2.05, 4.69) is 31.3 Å². The molecule has 0 aliphatic carbocycles. The zero-order chi connectivity index (χ0) is 53.6. The Hall–Kier alpha value is -1.40. The number of esters is 1. The molecule has 0 heterocycles. The second-order valence-electron chi connectivity index (χ2n) is 23.5. The van der Waals surface area contributed by atoms with E-state index in [0.717, 1.165) is 44.9 Å². The molecule has 6 heteroatoms. The van der Waals surface area contributed by atoms with Gasteiger partial charge in [-0.25, -0.2) is 0 Å². The summed E-state index contributed by atoms with van der Waals surface area (Å²) in [4.78, 5) is 24.6. The second-order valence-corrected chi connectivity index (χ2v) is 23.5. The van der Waals surface area contributed by atoms with E-state index < -0.39 is 12.1 Å². The number of carbonyl (C=O) groups is 2. The van der Waals surface area contributed by atoms with Crippen LogP contribution < -0.4 is 5.32 Å². The largest absolute Gasteiger partial charge is 0.466 e. The summed E-state index contributed by atoms with van der Waals surface area (Å²) < 4.78 is 5.50. The van der Waals surface area contributed by atoms with Gasteiger partial charge in [-0.2, -0.15) is 0 Å². The highest BCUT2D eigenvalue weighted by Crippen LogP contribution is 2.19. The molecule has 0 aromatic rings. The van der Waals surface area contributed by atoms with Crippen LogP contribution in [0.25, 0.3) is 0 Å². The van der Waals surface area contributed by atoms with E-state index in [1.54, 1.807) is 0 Å². The molecule has 3 N–H and O–H groups in total. The number of aliphatic hydroxyl groups is 2. The lowest BCUT2D eigenvalue weighted by atomic mass is 10.0. The highest BCUT2D eigenvalue weighted by atomic mass is 16.5. The van der Waals surface area contributed by atoms with Gasteiger partial charge in [0.1, 0.15) is 0 Å². The maximum Gasteiger partial charge on any atom is 0.305 e. The van der Waals surface area contributed by atoms with Crippen molar-refractivity contribution in [3.63, 3.8) is 0 Å². The average molecular weight is 1040 g/mol. The van der Waals surface area contributed by atoms with Crippen LogP contribution in [-0.2, 0) is 14.3 Å². The molecule has 0 aromatic heterocycles. The van der Waals surface area contributed by atoms with Crippen LogP contribution in [0.15, 0.2) is 12.2 Å². The summed E-state index contributed by atoms with van der Waals surface area (Å²) in [6.45, 7) is 4.98. The summed E-state index contributed by atoms with van der Waals surface area (Å²) in [6.07, 6.45) is 78.1. The summed E-state index contributed by atoms with van der Waals surface area (Å²) in [7, 11) is 0. The molecule has 0 aliphatic heterocycles. The van der Waals surface area contributed by atoms with E-state index in [-0.39, 0.29) is 18.5 Å². The fourth-order valence-corrected chi connectivity index (χ4v) is 10.9. The molecule has 0 aromatic carbocycles. The molecule has 0 rings (SSSR count). The fraction of sp³-hybridized carbons (Fsp3) is 0.941. The maximum absolute atomic E-state index is 12.5. The van der Waals surface area contributed by atoms with E-state index in [1.807, 2.05) is 0 Å². The Morgan fingerprint density at radius 3 is 0.959 bits per heavy atom. The minimum Gasteiger partial charge on any atom is -0.466 e. The average Bonchev–Trinajstić information content (AvgIpc) is 3.40. The lowest BCUT2D eigenvalue weighted by Gasteiger charge is -2.22. The second kappa shape index (κ2) is 64.1. The lowest BCUT2D eigenvalue weighted by molar-refractivity contribution is -0.143. The van der Waals surface area contributed by atoms with Gasteiger partial charge in [-0.15, -0.1) is 0 Å². The van der Waals surface area contributed by atoms with Gasteiger partial charge in [-0.3, -0.25) is 9.59 Å². The zero-order valence-electron chi connectivity index (χ0n) is 50.4. The van der Waals surface area contributed by atoms with Crippen LogP contribution in [0.5, 0.6) is 0 Å². The maximum atomic E-state index is 12.5. The van der Waals surface area contributed by atoms with Gasteiger partial charge in [0, 0.05) is 12.8 Å². The molecular formula is C68H133NO5. The summed E-state index contributed by atoms with van der Waals surface area (Å²) in [5, 5.41) is 23.4. The molecule has 0 fully saturated rings. The first-order valence-corrected chi connectivity index (χ1v) is 33.9. The Labute approximate surface area is 463 Å². The first kappa shape index (κ1) is 72.6. The van der Waals surface area contributed by atoms with Crippen LogP contribution in [0.2, 0.25) is 0 Å². The number of amides is 1. The first-order chi connectivity index (χ1) is 36.5. The Morgan fingerprint density at radius 2 is 0.635 bits per heavy atom. The van der Waals surface area contributed by atoms with Crippen LogP contribution in [0.3, 0.4) is 0 Å². The molecule has 0 saturated carbocycles. The van der Waals surface area contributed by atoms with Gasteiger partial charge in [0.15, 0.2) is 0 Å². The third kappa shape index (κ3) is 59.8. The normalized spacial score (nSPS) is 12.5. The van der Waals surface area contributed by atoms with Crippen molar-refractivity contribution in [2.24, 2.45) is 0 Å². The number of rotatable bonds is 64. The van der Waals surface area contributed by atoms with Crippen LogP contribution >= 0.6 is 0 Å². The van der Waals surface area contributed by atoms with Crippen molar-refractivity contribution in [3.05, 3.63) is 12.2 Å². The zero-order valence-corrected chi connectivity index (χ0v) is 50.4. The summed E-state index contributed by atoms with van der Waals surface area (Å²) in [5.74, 6) is -0.0239. The molecule has 74 heavy (non-hydrogen) atoms. The standard InChI is InChI=1S/C68H133NO5/c1-3-5-7-9-11-13-15-17-19-21-22-25-29-32-36-40-44-48-52-56-60-66(71)65(64-70)69-67(72)61-57-53-49-45-41-37-33-30-26-23-24-27-31-35-39-43-47-51-55-59-63-74-68(73)62-58-54-50-46-42-38-34-28-20-18-16-14-12-10-8-6-4-2/h18,20,65-66,70-71H,3-17,19,21-64H2,1-2H3,(H,69,72)/b20-18-. The number of ether oxygens (including phenoxy) is 1. The monoisotopic (exact) mass is 1040 g/mol. The molecular weight excluding hydrogens is 911 g/mol. The molecule has 0 spiro atoms. The minimum absolute atomic E-state index is 0.00854. The molecule has 0 bridgehead atoms. The van der Waals surface area contributed by atoms with Crippen molar-refractivity contribution >= 4 is 11.9 Å². The van der Waals surface area contributed by atoms with Crippen LogP contribution in [0.1, 0.15) is 386 Å². The van der Waals surface area contributed by atoms with Gasteiger partial charge in [0.2, 0.25) is 5.91 Å². The molecule has 6 nitrogen and oxygen atoms in total. The number of hydrogen-bond acceptors (Lipinski definition) is 5. The number of hydrogen-bond donors (Lipinski definition) is 3. The van der Waals surface area contributed by atoms with Crippen molar-refractivity contribution in [3.8, 4) is 0 Å². The van der Waals surface area contributed by atoms with E-state index >= 15 is 0 Å². The molecule has 0 radical (unpaired) electrons. The molecule has 1 amide bonds. The van der Waals surface area contributed by atoms with Crippen molar-refractivity contribution in [1.29, 1.82) is 0 Å². The fourth-order valence-electron chi connectivity index (χ4n) is 10.9. The van der Waals surface area contributed by atoms with Gasteiger partial charge in [0.05, 0.1) is 25.4 Å². The van der Waals surface area contributed by atoms with E-state index in [4.69, 9.17) is 4.74 Å². The van der Waals surface area contributed by atoms with Crippen LogP contribution in [0.4, 0.5) is 0 Å². The van der Waals surface area contributed by atoms with Gasteiger partial charge < -0.3 is 20.3 Å². The van der Waals surface area contributed by atoms with Crippen molar-refractivity contribution in [2.45, 2.75) is 398 Å². The Kier molecular flexibility index (Phi) is 62.9. The molecule has 440 valence electrons. The van der Waals surface area contributed by atoms with Gasteiger partial charge in [-0.05, 0) is 51.4 Å². The van der Waals surface area contributed by atoms with Crippen LogP contribution in [0, 0.1) is 0 Å². The Bertz CT molecular complexity index is 1110. The third-order valence-electron chi connectivity index (χ3n) is 16.1. The topological polar surface area (TPSA) is 95.9 Å². The lowest BCUT2D eigenvalue weighted by Crippen LogP contribution is -2.45. The first-order valence-electron chi connectivity index (χ1n) is 33.9. The number of carbonyl (C=O) groups excluding carboxylic acids is 2. The van der Waals surface area contributed by atoms with Gasteiger partial charge >= 0.3 is 5.97 Å². The van der Waals surface area contributed by atoms with Crippen molar-refractivity contribution < 1.29 is 24.5 Å². The number of unbranched alkanes of at least 4 members (excludes halogenated alkanes) is 51. The highest BCUT2D eigenvalue weighted by Gasteiger charge is 2.20. The van der Waals surface area contributed by atoms with Crippen molar-refractivity contribution in [1.82, 2.24) is 5.32 Å². The number of nitrogens with one attached hydrogen (secondary N) is 1. The highest BCUT2D eigenvalue weighted by molar-refractivity contribution is 5.76. The van der Waals surface area contributed by atoms with Crippen molar-refractivity contribution in [2.75, 3.05) is 13.2 Å². The predicted molar refractivity (Wildman–Crippen MR) is 324 cm³/mol. The Balaban J connectivity index is 3.38. The SMILES string of the molecule is CCCCCCCC/C=C\CCCCCCCCCC(=O)OCCCCCCCCCCCCCCCCCCCCCCC(=O)NC(CO)C(O)CCCCCCCCCCCCCCCCCCCCCC. The quantitative estimate of drug-likeness (QED) is 0.0320. The Morgan fingerprint density at radius 1 is 0.365 bits per heavy atom. The third-order valence-corrected chi connectivity index (χ3v) is 16.1. The summed E-state index contributed by atoms with van der Waals surface area (Å²) in [5.41, 5.74) is 0.